The van der Waals surface area contributed by atoms with Crippen molar-refractivity contribution in [3.63, 3.8) is 0 Å². The van der Waals surface area contributed by atoms with Crippen molar-refractivity contribution in [1.29, 1.82) is 0 Å². The summed E-state index contributed by atoms with van der Waals surface area (Å²) in [7, 11) is 0. The number of rotatable bonds is 4. The first kappa shape index (κ1) is 17.3. The molecule has 0 saturated heterocycles. The molecule has 1 aromatic rings. The zero-order valence-electron chi connectivity index (χ0n) is 13.9. The van der Waals surface area contributed by atoms with Crippen molar-refractivity contribution >= 4 is 0 Å². The minimum atomic E-state index is -1.21. The van der Waals surface area contributed by atoms with E-state index in [9.17, 15) is 18.3 Å². The van der Waals surface area contributed by atoms with Gasteiger partial charge in [0.05, 0.1) is 6.61 Å². The van der Waals surface area contributed by atoms with Crippen molar-refractivity contribution in [1.82, 2.24) is 0 Å². The summed E-state index contributed by atoms with van der Waals surface area (Å²) >= 11 is 0. The van der Waals surface area contributed by atoms with E-state index in [1.807, 2.05) is 27.7 Å². The molecule has 1 unspecified atom stereocenters. The Labute approximate surface area is 129 Å². The lowest BCUT2D eigenvalue weighted by atomic mass is 10.0. The fourth-order valence-electron chi connectivity index (χ4n) is 3.37. The van der Waals surface area contributed by atoms with Crippen LogP contribution in [0.25, 0.3) is 0 Å². The Bertz CT molecular complexity index is 565. The van der Waals surface area contributed by atoms with Gasteiger partial charge in [0.2, 0.25) is 0 Å². The maximum atomic E-state index is 14.0. The second kappa shape index (κ2) is 5.24. The molecule has 0 heterocycles. The van der Waals surface area contributed by atoms with Crippen LogP contribution in [-0.2, 0) is 11.3 Å². The number of ether oxygens (including phenoxy) is 1. The number of hydrogen-bond donors (Lipinski definition) is 1. The second-order valence-electron chi connectivity index (χ2n) is 7.29. The van der Waals surface area contributed by atoms with Gasteiger partial charge in [-0.05, 0) is 30.2 Å². The van der Waals surface area contributed by atoms with Crippen molar-refractivity contribution in [2.75, 3.05) is 0 Å². The Morgan fingerprint density at radius 2 is 1.45 bits per heavy atom. The monoisotopic (exact) mass is 316 g/mol. The molecule has 1 fully saturated rings. The van der Waals surface area contributed by atoms with E-state index in [0.29, 0.717) is 0 Å². The highest BCUT2D eigenvalue weighted by Crippen LogP contribution is 2.69. The van der Waals surface area contributed by atoms with Gasteiger partial charge in [0.1, 0.15) is 5.82 Å². The fourth-order valence-corrected chi connectivity index (χ4v) is 3.37. The smallest absolute Gasteiger partial charge is 0.165 e. The molecule has 1 N–H and O–H groups in total. The van der Waals surface area contributed by atoms with Crippen LogP contribution in [0, 0.1) is 48.0 Å². The molecule has 0 radical (unpaired) electrons. The second-order valence-corrected chi connectivity index (χ2v) is 7.29. The Hall–Kier alpha value is -1.07. The predicted octanol–water partition coefficient (Wildman–Crippen LogP) is 4.24. The van der Waals surface area contributed by atoms with Gasteiger partial charge in [-0.25, -0.2) is 13.2 Å². The van der Waals surface area contributed by atoms with Crippen LogP contribution in [0.15, 0.2) is 0 Å². The maximum absolute atomic E-state index is 14.0. The van der Waals surface area contributed by atoms with Gasteiger partial charge in [-0.3, -0.25) is 0 Å². The van der Waals surface area contributed by atoms with E-state index in [1.54, 1.807) is 0 Å². The summed E-state index contributed by atoms with van der Waals surface area (Å²) in [5, 5.41) is 10.2. The third-order valence-corrected chi connectivity index (χ3v) is 5.71. The molecule has 0 aromatic heterocycles. The average molecular weight is 316 g/mol. The quantitative estimate of drug-likeness (QED) is 0.665. The Kier molecular flexibility index (Phi) is 4.11. The van der Waals surface area contributed by atoms with Crippen LogP contribution < -0.4 is 0 Å². The molecule has 124 valence electrons. The first-order chi connectivity index (χ1) is 9.94. The number of halogens is 3. The van der Waals surface area contributed by atoms with Gasteiger partial charge in [0.15, 0.2) is 17.9 Å². The van der Waals surface area contributed by atoms with E-state index < -0.39 is 23.7 Å². The van der Waals surface area contributed by atoms with E-state index in [2.05, 4.69) is 0 Å². The summed E-state index contributed by atoms with van der Waals surface area (Å²) in [5.74, 6) is -3.20. The summed E-state index contributed by atoms with van der Waals surface area (Å²) in [5.41, 5.74) is -0.731. The van der Waals surface area contributed by atoms with Gasteiger partial charge >= 0.3 is 0 Å². The predicted molar refractivity (Wildman–Crippen MR) is 77.6 cm³/mol. The van der Waals surface area contributed by atoms with Gasteiger partial charge in [0, 0.05) is 17.0 Å². The molecule has 1 atom stereocenters. The van der Waals surface area contributed by atoms with Crippen molar-refractivity contribution in [3.8, 4) is 0 Å². The Morgan fingerprint density at radius 3 is 1.91 bits per heavy atom. The van der Waals surface area contributed by atoms with Crippen LogP contribution in [0.2, 0.25) is 0 Å². The molecule has 22 heavy (non-hydrogen) atoms. The molecule has 0 bridgehead atoms. The number of aliphatic hydroxyl groups is 1. The SMILES string of the molecule is Cc1c(F)c(C)c(COC(O)C2C(C)(C)C2(C)C)c(F)c1F. The fraction of sp³-hybridized carbons (Fsp3) is 0.647. The maximum Gasteiger partial charge on any atom is 0.165 e. The standard InChI is InChI=1S/C17H23F3O2/c1-8-10(13(20)12(19)9(2)11(8)18)7-22-15(21)14-16(3,4)17(14,5)6/h14-15,21H,7H2,1-6H3. The first-order valence-electron chi connectivity index (χ1n) is 7.36. The van der Waals surface area contributed by atoms with Crippen LogP contribution >= 0.6 is 0 Å². The molecular weight excluding hydrogens is 293 g/mol. The van der Waals surface area contributed by atoms with Crippen molar-refractivity contribution in [2.24, 2.45) is 16.7 Å². The topological polar surface area (TPSA) is 29.5 Å². The lowest BCUT2D eigenvalue weighted by molar-refractivity contribution is -0.131. The van der Waals surface area contributed by atoms with Gasteiger partial charge in [-0.1, -0.05) is 27.7 Å². The molecule has 5 heteroatoms. The van der Waals surface area contributed by atoms with Gasteiger partial charge in [-0.2, -0.15) is 0 Å². The summed E-state index contributed by atoms with van der Waals surface area (Å²) in [6.45, 7) is 10.3. The third kappa shape index (κ3) is 2.35. The van der Waals surface area contributed by atoms with Crippen molar-refractivity contribution in [2.45, 2.75) is 54.4 Å². The summed E-state index contributed by atoms with van der Waals surface area (Å²) < 4.78 is 46.8. The summed E-state index contributed by atoms with van der Waals surface area (Å²) in [4.78, 5) is 0. The van der Waals surface area contributed by atoms with Crippen molar-refractivity contribution < 1.29 is 23.0 Å². The largest absolute Gasteiger partial charge is 0.368 e. The minimum Gasteiger partial charge on any atom is -0.368 e. The van der Waals surface area contributed by atoms with Crippen LogP contribution in [0.5, 0.6) is 0 Å². The van der Waals surface area contributed by atoms with Crippen LogP contribution in [0.4, 0.5) is 13.2 Å². The highest BCUT2D eigenvalue weighted by molar-refractivity contribution is 5.34. The van der Waals surface area contributed by atoms with E-state index in [4.69, 9.17) is 4.74 Å². The zero-order valence-corrected chi connectivity index (χ0v) is 13.9. The molecular formula is C17H23F3O2. The van der Waals surface area contributed by atoms with Gasteiger partial charge in [-0.15, -0.1) is 0 Å². The van der Waals surface area contributed by atoms with Crippen molar-refractivity contribution in [3.05, 3.63) is 34.1 Å². The van der Waals surface area contributed by atoms with E-state index in [1.165, 1.54) is 13.8 Å². The van der Waals surface area contributed by atoms with Gasteiger partial charge < -0.3 is 9.84 Å². The lowest BCUT2D eigenvalue weighted by Gasteiger charge is -2.17. The first-order valence-corrected chi connectivity index (χ1v) is 7.36. The molecule has 0 spiro atoms. The van der Waals surface area contributed by atoms with Crippen LogP contribution in [0.3, 0.4) is 0 Å². The van der Waals surface area contributed by atoms with Gasteiger partial charge in [0.25, 0.3) is 0 Å². The molecule has 1 aliphatic rings. The van der Waals surface area contributed by atoms with E-state index in [-0.39, 0.29) is 40.0 Å². The number of hydrogen-bond acceptors (Lipinski definition) is 2. The van der Waals surface area contributed by atoms with E-state index in [0.717, 1.165) is 0 Å². The highest BCUT2D eigenvalue weighted by Gasteiger charge is 2.67. The molecule has 1 aromatic carbocycles. The normalized spacial score (nSPS) is 21.0. The average Bonchev–Trinajstić information content (AvgIpc) is 2.84. The zero-order chi connectivity index (χ0) is 17.0. The Morgan fingerprint density at radius 1 is 0.955 bits per heavy atom. The Balaban J connectivity index is 2.17. The minimum absolute atomic E-state index is 0.0120. The summed E-state index contributed by atoms with van der Waals surface area (Å²) in [6.07, 6.45) is -1.10. The number of aliphatic hydroxyl groups excluding tert-OH is 1. The molecule has 1 saturated carbocycles. The van der Waals surface area contributed by atoms with E-state index >= 15 is 0 Å². The lowest BCUT2D eigenvalue weighted by Crippen LogP contribution is -2.19. The molecule has 1 aliphatic carbocycles. The molecule has 2 nitrogen and oxygen atoms in total. The molecule has 0 aliphatic heterocycles. The van der Waals surface area contributed by atoms with Crippen LogP contribution in [0.1, 0.15) is 44.4 Å². The highest BCUT2D eigenvalue weighted by atomic mass is 19.2. The summed E-state index contributed by atoms with van der Waals surface area (Å²) in [6, 6.07) is 0. The third-order valence-electron chi connectivity index (χ3n) is 5.71. The number of benzene rings is 1. The van der Waals surface area contributed by atoms with Crippen LogP contribution in [-0.4, -0.2) is 11.4 Å². The molecule has 2 rings (SSSR count). The molecule has 0 amide bonds.